The fraction of sp³-hybridized carbons (Fsp3) is 0.471. The van der Waals surface area contributed by atoms with Crippen molar-refractivity contribution in [3.05, 3.63) is 48.5 Å². The van der Waals surface area contributed by atoms with E-state index in [1.807, 2.05) is 17.1 Å². The summed E-state index contributed by atoms with van der Waals surface area (Å²) in [5.74, 6) is 0. The lowest BCUT2D eigenvalue weighted by Crippen LogP contribution is -2.19. The van der Waals surface area contributed by atoms with Gasteiger partial charge in [0.05, 0.1) is 6.33 Å². The van der Waals surface area contributed by atoms with E-state index in [0.29, 0.717) is 12.6 Å². The average Bonchev–Trinajstić information content (AvgIpc) is 3.05. The Labute approximate surface area is 126 Å². The molecule has 4 heteroatoms. The number of nitrogens with one attached hydrogen (secondary N) is 1. The lowest BCUT2D eigenvalue weighted by Gasteiger charge is -2.15. The second-order valence-electron chi connectivity index (χ2n) is 5.38. The van der Waals surface area contributed by atoms with Crippen LogP contribution in [-0.4, -0.2) is 27.8 Å². The van der Waals surface area contributed by atoms with Gasteiger partial charge in [-0.2, -0.15) is 0 Å². The molecule has 1 unspecified atom stereocenters. The number of aromatic nitrogens is 2. The Kier molecular flexibility index (Phi) is 6.44. The van der Waals surface area contributed by atoms with E-state index in [-0.39, 0.29) is 0 Å². The van der Waals surface area contributed by atoms with Crippen LogP contribution in [0.5, 0.6) is 0 Å². The van der Waals surface area contributed by atoms with Crippen LogP contribution in [0, 0.1) is 0 Å². The van der Waals surface area contributed by atoms with Gasteiger partial charge in [-0.1, -0.05) is 25.0 Å². The zero-order chi connectivity index (χ0) is 14.9. The van der Waals surface area contributed by atoms with Crippen LogP contribution in [0.25, 0.3) is 5.69 Å². The molecule has 2 N–H and O–H groups in total. The molecule has 2 rings (SSSR count). The first-order valence-electron chi connectivity index (χ1n) is 7.74. The largest absolute Gasteiger partial charge is 0.396 e. The third-order valence-corrected chi connectivity index (χ3v) is 3.73. The van der Waals surface area contributed by atoms with E-state index >= 15 is 0 Å². The van der Waals surface area contributed by atoms with E-state index < -0.39 is 0 Å². The summed E-state index contributed by atoms with van der Waals surface area (Å²) >= 11 is 0. The molecule has 0 aliphatic carbocycles. The lowest BCUT2D eigenvalue weighted by atomic mass is 10.1. The molecular weight excluding hydrogens is 262 g/mol. The number of hydrogen-bond acceptors (Lipinski definition) is 3. The lowest BCUT2D eigenvalue weighted by molar-refractivity contribution is 0.282. The Morgan fingerprint density at radius 2 is 1.90 bits per heavy atom. The van der Waals surface area contributed by atoms with Crippen molar-refractivity contribution in [3.63, 3.8) is 0 Å². The minimum absolute atomic E-state index is 0.313. The van der Waals surface area contributed by atoms with E-state index in [1.54, 1.807) is 6.20 Å². The van der Waals surface area contributed by atoms with Crippen LogP contribution in [0.4, 0.5) is 0 Å². The van der Waals surface area contributed by atoms with Crippen molar-refractivity contribution in [2.45, 2.75) is 38.6 Å². The summed E-state index contributed by atoms with van der Waals surface area (Å²) < 4.78 is 2.00. The first-order chi connectivity index (χ1) is 10.3. The molecule has 21 heavy (non-hydrogen) atoms. The van der Waals surface area contributed by atoms with Gasteiger partial charge >= 0.3 is 0 Å². The van der Waals surface area contributed by atoms with Crippen molar-refractivity contribution < 1.29 is 5.11 Å². The first kappa shape index (κ1) is 15.7. The summed E-state index contributed by atoms with van der Waals surface area (Å²) in [6.07, 6.45) is 9.93. The van der Waals surface area contributed by atoms with Gasteiger partial charge in [0.25, 0.3) is 0 Å². The highest BCUT2D eigenvalue weighted by Crippen LogP contribution is 2.15. The van der Waals surface area contributed by atoms with Crippen LogP contribution >= 0.6 is 0 Å². The Hall–Kier alpha value is -1.65. The van der Waals surface area contributed by atoms with E-state index in [0.717, 1.165) is 31.5 Å². The van der Waals surface area contributed by atoms with Gasteiger partial charge in [0.2, 0.25) is 0 Å². The number of hydrogen-bond donors (Lipinski definition) is 2. The maximum Gasteiger partial charge on any atom is 0.0991 e. The molecule has 1 aromatic carbocycles. The molecule has 114 valence electrons. The summed E-state index contributed by atoms with van der Waals surface area (Å²) in [6, 6.07) is 8.93. The molecule has 0 saturated carbocycles. The Morgan fingerprint density at radius 1 is 1.14 bits per heavy atom. The number of nitrogens with zero attached hydrogens (tertiary/aromatic N) is 2. The van der Waals surface area contributed by atoms with Gasteiger partial charge in [-0.3, -0.25) is 0 Å². The Morgan fingerprint density at radius 3 is 2.57 bits per heavy atom. The number of unbranched alkanes of at least 4 members (excludes halogenated alkanes) is 3. The summed E-state index contributed by atoms with van der Waals surface area (Å²) in [5.41, 5.74) is 2.43. The van der Waals surface area contributed by atoms with Gasteiger partial charge in [0, 0.05) is 30.7 Å². The smallest absolute Gasteiger partial charge is 0.0991 e. The van der Waals surface area contributed by atoms with Gasteiger partial charge in [-0.15, -0.1) is 0 Å². The van der Waals surface area contributed by atoms with Crippen molar-refractivity contribution in [1.29, 1.82) is 0 Å². The van der Waals surface area contributed by atoms with Crippen molar-refractivity contribution in [3.8, 4) is 5.69 Å². The molecule has 0 radical (unpaired) electrons. The van der Waals surface area contributed by atoms with Crippen LogP contribution in [0.3, 0.4) is 0 Å². The third kappa shape index (κ3) is 4.99. The van der Waals surface area contributed by atoms with E-state index in [1.165, 1.54) is 12.0 Å². The molecule has 0 aliphatic rings. The van der Waals surface area contributed by atoms with Crippen LogP contribution < -0.4 is 5.32 Å². The van der Waals surface area contributed by atoms with Crippen molar-refractivity contribution in [2.75, 3.05) is 13.2 Å². The fourth-order valence-corrected chi connectivity index (χ4v) is 2.37. The van der Waals surface area contributed by atoms with Crippen LogP contribution in [0.2, 0.25) is 0 Å². The maximum absolute atomic E-state index is 8.73. The third-order valence-electron chi connectivity index (χ3n) is 3.73. The van der Waals surface area contributed by atoms with E-state index in [4.69, 9.17) is 5.11 Å². The van der Waals surface area contributed by atoms with Gasteiger partial charge < -0.3 is 15.0 Å². The molecule has 2 aromatic rings. The maximum atomic E-state index is 8.73. The molecule has 1 atom stereocenters. The molecule has 1 heterocycles. The number of benzene rings is 1. The number of rotatable bonds is 9. The molecular formula is C17H25N3O. The number of imidazole rings is 1. The highest BCUT2D eigenvalue weighted by molar-refractivity contribution is 5.35. The van der Waals surface area contributed by atoms with Crippen LogP contribution in [0.1, 0.15) is 44.2 Å². The first-order valence-corrected chi connectivity index (χ1v) is 7.74. The quantitative estimate of drug-likeness (QED) is 0.697. The second-order valence-corrected chi connectivity index (χ2v) is 5.38. The average molecular weight is 287 g/mol. The SMILES string of the molecule is CC(NCCCCCCO)c1ccc(-n2ccnc2)cc1. The molecule has 0 amide bonds. The zero-order valence-electron chi connectivity index (χ0n) is 12.7. The van der Waals surface area contributed by atoms with E-state index in [9.17, 15) is 0 Å². The molecule has 0 spiro atoms. The van der Waals surface area contributed by atoms with Crippen molar-refractivity contribution in [2.24, 2.45) is 0 Å². The fourth-order valence-electron chi connectivity index (χ4n) is 2.37. The predicted octanol–water partition coefficient (Wildman–Crippen LogP) is 3.08. The van der Waals surface area contributed by atoms with Crippen LogP contribution in [0.15, 0.2) is 43.0 Å². The predicted molar refractivity (Wildman–Crippen MR) is 85.5 cm³/mol. The van der Waals surface area contributed by atoms with E-state index in [2.05, 4.69) is 41.5 Å². The highest BCUT2D eigenvalue weighted by Gasteiger charge is 2.04. The summed E-state index contributed by atoms with van der Waals surface area (Å²) in [5, 5.41) is 12.3. The van der Waals surface area contributed by atoms with Crippen LogP contribution in [-0.2, 0) is 0 Å². The zero-order valence-corrected chi connectivity index (χ0v) is 12.7. The molecule has 0 saturated heterocycles. The Balaban J connectivity index is 1.76. The molecule has 0 aliphatic heterocycles. The van der Waals surface area contributed by atoms with Gasteiger partial charge in [0.1, 0.15) is 0 Å². The van der Waals surface area contributed by atoms with Crippen molar-refractivity contribution in [1.82, 2.24) is 14.9 Å². The van der Waals surface area contributed by atoms with Crippen molar-refractivity contribution >= 4 is 0 Å². The summed E-state index contributed by atoms with van der Waals surface area (Å²) in [4.78, 5) is 4.06. The Bertz CT molecular complexity index is 493. The van der Waals surface area contributed by atoms with Gasteiger partial charge in [-0.25, -0.2) is 4.98 Å². The minimum atomic E-state index is 0.313. The van der Waals surface area contributed by atoms with Gasteiger partial charge in [-0.05, 0) is 44.0 Å². The normalized spacial score (nSPS) is 12.5. The molecule has 4 nitrogen and oxygen atoms in total. The highest BCUT2D eigenvalue weighted by atomic mass is 16.2. The minimum Gasteiger partial charge on any atom is -0.396 e. The molecule has 0 bridgehead atoms. The number of aliphatic hydroxyl groups is 1. The topological polar surface area (TPSA) is 50.1 Å². The molecule has 1 aromatic heterocycles. The van der Waals surface area contributed by atoms with Gasteiger partial charge in [0.15, 0.2) is 0 Å². The number of aliphatic hydroxyl groups excluding tert-OH is 1. The second kappa shape index (κ2) is 8.60. The standard InChI is InChI=1S/C17H25N3O/c1-15(19-10-4-2-3-5-13-21)16-6-8-17(9-7-16)20-12-11-18-14-20/h6-9,11-12,14-15,19,21H,2-5,10,13H2,1H3. The molecule has 0 fully saturated rings. The summed E-state index contributed by atoms with van der Waals surface area (Å²) in [7, 11) is 0. The summed E-state index contributed by atoms with van der Waals surface area (Å²) in [6.45, 7) is 3.53. The monoisotopic (exact) mass is 287 g/mol.